The molecule has 0 radical (unpaired) electrons. The maximum atomic E-state index is 12.6. The number of hydrogen-bond donors (Lipinski definition) is 1. The molecule has 2 aromatic heterocycles. The van der Waals surface area contributed by atoms with Gasteiger partial charge in [0.05, 0.1) is 18.0 Å². The van der Waals surface area contributed by atoms with E-state index in [-0.39, 0.29) is 5.91 Å². The molecule has 0 saturated heterocycles. The second-order valence-corrected chi connectivity index (χ2v) is 5.28. The standard InChI is InChI=1S/C19H19N3O2/c1-3-24-16-10-8-15(9-11-16)21-19(23)18-7-5-13-22(18)17-6-4-12-20-14(17)2/h4-13H,3H2,1-2H3,(H,21,23). The first-order chi connectivity index (χ1) is 11.7. The summed E-state index contributed by atoms with van der Waals surface area (Å²) in [6.07, 6.45) is 3.60. The summed E-state index contributed by atoms with van der Waals surface area (Å²) in [6.45, 7) is 4.47. The van der Waals surface area contributed by atoms with Gasteiger partial charge in [-0.15, -0.1) is 0 Å². The lowest BCUT2D eigenvalue weighted by atomic mass is 10.2. The molecule has 5 heteroatoms. The Morgan fingerprint density at radius 3 is 2.67 bits per heavy atom. The van der Waals surface area contributed by atoms with Gasteiger partial charge in [0.1, 0.15) is 11.4 Å². The van der Waals surface area contributed by atoms with Gasteiger partial charge in [-0.3, -0.25) is 9.78 Å². The minimum atomic E-state index is -0.174. The molecule has 1 amide bonds. The molecule has 3 rings (SSSR count). The predicted octanol–water partition coefficient (Wildman–Crippen LogP) is 3.83. The van der Waals surface area contributed by atoms with E-state index in [1.807, 2.05) is 67.1 Å². The van der Waals surface area contributed by atoms with Gasteiger partial charge in [-0.2, -0.15) is 0 Å². The van der Waals surface area contributed by atoms with E-state index in [0.29, 0.717) is 12.3 Å². The van der Waals surface area contributed by atoms with Gasteiger partial charge in [0.2, 0.25) is 0 Å². The zero-order chi connectivity index (χ0) is 16.9. The number of rotatable bonds is 5. The van der Waals surface area contributed by atoms with Gasteiger partial charge in [0.25, 0.3) is 5.91 Å². The van der Waals surface area contributed by atoms with Crippen LogP contribution in [0.25, 0.3) is 5.69 Å². The fourth-order valence-corrected chi connectivity index (χ4v) is 2.50. The zero-order valence-corrected chi connectivity index (χ0v) is 13.7. The summed E-state index contributed by atoms with van der Waals surface area (Å²) in [5, 5.41) is 2.91. The molecule has 0 aliphatic heterocycles. The van der Waals surface area contributed by atoms with E-state index in [1.165, 1.54) is 0 Å². The number of aryl methyl sites for hydroxylation is 1. The quantitative estimate of drug-likeness (QED) is 0.777. The molecule has 0 fully saturated rings. The van der Waals surface area contributed by atoms with E-state index in [0.717, 1.165) is 22.8 Å². The third-order valence-corrected chi connectivity index (χ3v) is 3.64. The highest BCUT2D eigenvalue weighted by Gasteiger charge is 2.13. The molecule has 122 valence electrons. The van der Waals surface area contributed by atoms with Crippen molar-refractivity contribution in [1.82, 2.24) is 9.55 Å². The van der Waals surface area contributed by atoms with E-state index in [9.17, 15) is 4.79 Å². The van der Waals surface area contributed by atoms with Crippen LogP contribution in [0, 0.1) is 6.92 Å². The van der Waals surface area contributed by atoms with Gasteiger partial charge in [0.15, 0.2) is 0 Å². The van der Waals surface area contributed by atoms with Crippen molar-refractivity contribution in [3.63, 3.8) is 0 Å². The highest BCUT2D eigenvalue weighted by molar-refractivity contribution is 6.03. The minimum Gasteiger partial charge on any atom is -0.494 e. The summed E-state index contributed by atoms with van der Waals surface area (Å²) in [4.78, 5) is 16.9. The average Bonchev–Trinajstić information content (AvgIpc) is 3.07. The van der Waals surface area contributed by atoms with Gasteiger partial charge in [-0.1, -0.05) is 0 Å². The van der Waals surface area contributed by atoms with Crippen LogP contribution in [-0.4, -0.2) is 22.1 Å². The first kappa shape index (κ1) is 15.8. The first-order valence-electron chi connectivity index (χ1n) is 7.82. The van der Waals surface area contributed by atoms with E-state index < -0.39 is 0 Å². The highest BCUT2D eigenvalue weighted by atomic mass is 16.5. The van der Waals surface area contributed by atoms with Crippen LogP contribution in [0.15, 0.2) is 60.9 Å². The van der Waals surface area contributed by atoms with E-state index in [1.54, 1.807) is 12.3 Å². The Hall–Kier alpha value is -3.08. The van der Waals surface area contributed by atoms with Gasteiger partial charge in [-0.25, -0.2) is 0 Å². The van der Waals surface area contributed by atoms with Crippen LogP contribution >= 0.6 is 0 Å². The molecule has 3 aromatic rings. The topological polar surface area (TPSA) is 56.1 Å². The SMILES string of the molecule is CCOc1ccc(NC(=O)c2cccn2-c2cccnc2C)cc1. The lowest BCUT2D eigenvalue weighted by Gasteiger charge is -2.12. The van der Waals surface area contributed by atoms with Gasteiger partial charge >= 0.3 is 0 Å². The lowest BCUT2D eigenvalue weighted by Crippen LogP contribution is -2.16. The predicted molar refractivity (Wildman–Crippen MR) is 93.9 cm³/mol. The Kier molecular flexibility index (Phi) is 4.61. The number of nitrogens with zero attached hydrogens (tertiary/aromatic N) is 2. The molecular weight excluding hydrogens is 302 g/mol. The highest BCUT2D eigenvalue weighted by Crippen LogP contribution is 2.19. The number of nitrogens with one attached hydrogen (secondary N) is 1. The van der Waals surface area contributed by atoms with E-state index in [4.69, 9.17) is 4.74 Å². The number of amides is 1. The largest absolute Gasteiger partial charge is 0.494 e. The molecular formula is C19H19N3O2. The van der Waals surface area contributed by atoms with Crippen LogP contribution in [0.2, 0.25) is 0 Å². The number of benzene rings is 1. The Bertz CT molecular complexity index is 838. The number of ether oxygens (including phenoxy) is 1. The first-order valence-corrected chi connectivity index (χ1v) is 7.82. The lowest BCUT2D eigenvalue weighted by molar-refractivity contribution is 0.102. The summed E-state index contributed by atoms with van der Waals surface area (Å²) in [7, 11) is 0. The van der Waals surface area contributed by atoms with Gasteiger partial charge < -0.3 is 14.6 Å². The van der Waals surface area contributed by atoms with Gasteiger partial charge in [0, 0.05) is 18.1 Å². The third-order valence-electron chi connectivity index (χ3n) is 3.64. The fraction of sp³-hybridized carbons (Fsp3) is 0.158. The molecule has 2 heterocycles. The molecule has 1 aromatic carbocycles. The van der Waals surface area contributed by atoms with E-state index >= 15 is 0 Å². The summed E-state index contributed by atoms with van der Waals surface area (Å²) in [6, 6.07) is 14.8. The Morgan fingerprint density at radius 1 is 1.17 bits per heavy atom. The summed E-state index contributed by atoms with van der Waals surface area (Å²) in [5.74, 6) is 0.609. The molecule has 0 saturated carbocycles. The van der Waals surface area contributed by atoms with Crippen LogP contribution in [0.1, 0.15) is 23.1 Å². The Morgan fingerprint density at radius 2 is 1.96 bits per heavy atom. The van der Waals surface area contributed by atoms with Crippen molar-refractivity contribution in [3.05, 3.63) is 72.3 Å². The van der Waals surface area contributed by atoms with Crippen LogP contribution in [-0.2, 0) is 0 Å². The third kappa shape index (κ3) is 3.30. The van der Waals surface area contributed by atoms with Crippen molar-refractivity contribution in [3.8, 4) is 11.4 Å². The van der Waals surface area contributed by atoms with Crippen molar-refractivity contribution < 1.29 is 9.53 Å². The number of carbonyl (C=O) groups excluding carboxylic acids is 1. The number of pyridine rings is 1. The molecule has 0 aliphatic rings. The van der Waals surface area contributed by atoms with Crippen molar-refractivity contribution in [2.75, 3.05) is 11.9 Å². The Labute approximate surface area is 140 Å². The van der Waals surface area contributed by atoms with E-state index in [2.05, 4.69) is 10.3 Å². The maximum absolute atomic E-state index is 12.6. The second kappa shape index (κ2) is 7.00. The number of hydrogen-bond acceptors (Lipinski definition) is 3. The molecule has 0 unspecified atom stereocenters. The number of aromatic nitrogens is 2. The number of anilines is 1. The Balaban J connectivity index is 1.82. The van der Waals surface area contributed by atoms with Gasteiger partial charge in [-0.05, 0) is 62.4 Å². The maximum Gasteiger partial charge on any atom is 0.272 e. The normalized spacial score (nSPS) is 10.4. The van der Waals surface area contributed by atoms with Crippen molar-refractivity contribution >= 4 is 11.6 Å². The van der Waals surface area contributed by atoms with Crippen LogP contribution < -0.4 is 10.1 Å². The molecule has 0 atom stereocenters. The zero-order valence-electron chi connectivity index (χ0n) is 13.7. The molecule has 0 spiro atoms. The molecule has 0 bridgehead atoms. The average molecular weight is 321 g/mol. The summed E-state index contributed by atoms with van der Waals surface area (Å²) in [5.41, 5.74) is 3.03. The minimum absolute atomic E-state index is 0.174. The molecule has 0 aliphatic carbocycles. The summed E-state index contributed by atoms with van der Waals surface area (Å²) < 4.78 is 7.24. The molecule has 5 nitrogen and oxygen atoms in total. The van der Waals surface area contributed by atoms with Crippen molar-refractivity contribution in [2.45, 2.75) is 13.8 Å². The van der Waals surface area contributed by atoms with Crippen molar-refractivity contribution in [2.24, 2.45) is 0 Å². The second-order valence-electron chi connectivity index (χ2n) is 5.28. The summed E-state index contributed by atoms with van der Waals surface area (Å²) >= 11 is 0. The monoisotopic (exact) mass is 321 g/mol. The van der Waals surface area contributed by atoms with Crippen LogP contribution in [0.4, 0.5) is 5.69 Å². The fourth-order valence-electron chi connectivity index (χ4n) is 2.50. The van der Waals surface area contributed by atoms with Crippen LogP contribution in [0.5, 0.6) is 5.75 Å². The van der Waals surface area contributed by atoms with Crippen molar-refractivity contribution in [1.29, 1.82) is 0 Å². The smallest absolute Gasteiger partial charge is 0.272 e. The molecule has 24 heavy (non-hydrogen) atoms. The number of carbonyl (C=O) groups is 1. The molecule has 1 N–H and O–H groups in total. The van der Waals surface area contributed by atoms with Crippen LogP contribution in [0.3, 0.4) is 0 Å².